The number of aryl methyl sites for hydroxylation is 1. The van der Waals surface area contributed by atoms with Crippen LogP contribution in [-0.4, -0.2) is 14.5 Å². The summed E-state index contributed by atoms with van der Waals surface area (Å²) in [7, 11) is 2.08. The molecule has 0 atom stereocenters. The van der Waals surface area contributed by atoms with E-state index < -0.39 is 0 Å². The van der Waals surface area contributed by atoms with Gasteiger partial charge in [0.1, 0.15) is 10.8 Å². The summed E-state index contributed by atoms with van der Waals surface area (Å²) in [5.41, 5.74) is 16.4. The number of hydrogen-bond donors (Lipinski definition) is 0. The summed E-state index contributed by atoms with van der Waals surface area (Å²) in [4.78, 5) is 15.0. The minimum absolute atomic E-state index is 0.944. The number of para-hydroxylation sites is 6. The highest BCUT2D eigenvalue weighted by Gasteiger charge is 2.19. The van der Waals surface area contributed by atoms with Crippen molar-refractivity contribution in [3.05, 3.63) is 267 Å². The molecule has 0 saturated heterocycles. The van der Waals surface area contributed by atoms with Crippen LogP contribution in [0.3, 0.4) is 0 Å². The van der Waals surface area contributed by atoms with Crippen molar-refractivity contribution in [2.75, 3.05) is 9.80 Å². The lowest BCUT2D eigenvalue weighted by molar-refractivity contribution is 0.959. The Morgan fingerprint density at radius 1 is 0.466 bits per heavy atom. The van der Waals surface area contributed by atoms with Crippen molar-refractivity contribution in [3.63, 3.8) is 0 Å². The van der Waals surface area contributed by atoms with Crippen molar-refractivity contribution >= 4 is 66.7 Å². The van der Waals surface area contributed by atoms with Crippen LogP contribution >= 0.6 is 11.3 Å². The van der Waals surface area contributed by atoms with E-state index in [9.17, 15) is 0 Å². The van der Waals surface area contributed by atoms with Gasteiger partial charge >= 0.3 is 0 Å². The van der Waals surface area contributed by atoms with Gasteiger partial charge < -0.3 is 14.4 Å². The Labute approximate surface area is 434 Å². The van der Waals surface area contributed by atoms with Crippen LogP contribution in [0.2, 0.25) is 0 Å². The quantitative estimate of drug-likeness (QED) is 0.0852. The van der Waals surface area contributed by atoms with E-state index in [2.05, 4.69) is 265 Å². The zero-order chi connectivity index (χ0) is 50.4. The molecule has 11 aromatic rings. The summed E-state index contributed by atoms with van der Waals surface area (Å²) in [6.45, 7) is 9.56. The van der Waals surface area contributed by atoms with Gasteiger partial charge in [-0.2, -0.15) is 0 Å². The van der Waals surface area contributed by atoms with Crippen LogP contribution in [0.1, 0.15) is 27.2 Å². The van der Waals surface area contributed by atoms with Gasteiger partial charge in [-0.05, 0) is 109 Å². The Morgan fingerprint density at radius 3 is 1.37 bits per heavy atom. The number of aromatic nitrogens is 3. The lowest BCUT2D eigenvalue weighted by Crippen LogP contribution is -2.09. The zero-order valence-electron chi connectivity index (χ0n) is 41.9. The lowest BCUT2D eigenvalue weighted by atomic mass is 9.98. The van der Waals surface area contributed by atoms with Crippen molar-refractivity contribution in [2.45, 2.75) is 27.2 Å². The second-order valence-corrected chi connectivity index (χ2v) is 18.0. The molecule has 0 fully saturated rings. The van der Waals surface area contributed by atoms with Gasteiger partial charge in [0.15, 0.2) is 0 Å². The highest BCUT2D eigenvalue weighted by molar-refractivity contribution is 7.22. The first-order chi connectivity index (χ1) is 36.1. The number of fused-ring (bicyclic) bond motifs is 2. The van der Waals surface area contributed by atoms with Crippen molar-refractivity contribution in [1.29, 1.82) is 0 Å². The first-order valence-corrected chi connectivity index (χ1v) is 25.8. The SMILES string of the molecule is C=C/C=C\C/C=C\C.CC.Cn1c(-c2ccc(-c3nc4c(-c5ccc(N(c6ccccc6)c6ccccc6)cc5)ccc(-c5ccc(N(c6ccccc6)c6ccccc6)cc5)c4s3)cc2)nc2ccccc21. The first kappa shape index (κ1) is 49.2. The van der Waals surface area contributed by atoms with Crippen LogP contribution in [0.25, 0.3) is 65.5 Å². The molecule has 11 rings (SSSR count). The van der Waals surface area contributed by atoms with Gasteiger partial charge in [-0.15, -0.1) is 11.3 Å². The fourth-order valence-corrected chi connectivity index (χ4v) is 10.1. The third kappa shape index (κ3) is 11.1. The molecule has 2 aromatic heterocycles. The third-order valence-corrected chi connectivity index (χ3v) is 13.6. The van der Waals surface area contributed by atoms with Crippen LogP contribution in [0, 0.1) is 0 Å². The molecular weight excluding hydrogens is 907 g/mol. The molecule has 9 aromatic carbocycles. The molecule has 2 heterocycles. The van der Waals surface area contributed by atoms with Gasteiger partial charge in [-0.1, -0.05) is 196 Å². The summed E-state index contributed by atoms with van der Waals surface area (Å²) in [6, 6.07) is 81.4. The Balaban J connectivity index is 0.000000601. The molecule has 73 heavy (non-hydrogen) atoms. The average molecular weight is 966 g/mol. The summed E-state index contributed by atoms with van der Waals surface area (Å²) >= 11 is 1.75. The second kappa shape index (κ2) is 23.8. The maximum absolute atomic E-state index is 5.46. The van der Waals surface area contributed by atoms with Crippen LogP contribution in [-0.2, 0) is 7.05 Å². The van der Waals surface area contributed by atoms with E-state index in [-0.39, 0.29) is 0 Å². The summed E-state index contributed by atoms with van der Waals surface area (Å²) in [5.74, 6) is 0.944. The maximum atomic E-state index is 5.46. The molecule has 0 bridgehead atoms. The monoisotopic (exact) mass is 965 g/mol. The summed E-state index contributed by atoms with van der Waals surface area (Å²) < 4.78 is 3.31. The number of hydrogen-bond acceptors (Lipinski definition) is 5. The molecule has 358 valence electrons. The van der Waals surface area contributed by atoms with Gasteiger partial charge in [-0.25, -0.2) is 9.97 Å². The summed E-state index contributed by atoms with van der Waals surface area (Å²) in [5, 5.41) is 0.974. The molecule has 0 N–H and O–H groups in total. The number of allylic oxidation sites excluding steroid dienone is 5. The zero-order valence-corrected chi connectivity index (χ0v) is 42.7. The van der Waals surface area contributed by atoms with Gasteiger partial charge in [-0.3, -0.25) is 0 Å². The number of imidazole rings is 1. The Bertz CT molecular complexity index is 3320. The van der Waals surface area contributed by atoms with E-state index in [0.717, 1.165) is 106 Å². The van der Waals surface area contributed by atoms with Crippen LogP contribution < -0.4 is 9.80 Å². The van der Waals surface area contributed by atoms with Gasteiger partial charge in [0, 0.05) is 63.4 Å². The molecule has 0 amide bonds. The van der Waals surface area contributed by atoms with Crippen LogP contribution in [0.5, 0.6) is 0 Å². The highest BCUT2D eigenvalue weighted by atomic mass is 32.1. The molecule has 0 aliphatic heterocycles. The van der Waals surface area contributed by atoms with Crippen LogP contribution in [0.15, 0.2) is 267 Å². The fourth-order valence-electron chi connectivity index (χ4n) is 8.93. The Morgan fingerprint density at radius 2 is 0.890 bits per heavy atom. The number of nitrogens with zero attached hydrogens (tertiary/aromatic N) is 5. The van der Waals surface area contributed by atoms with E-state index in [4.69, 9.17) is 9.97 Å². The molecular formula is C67H59N5S. The Kier molecular flexibility index (Phi) is 16.1. The standard InChI is InChI=1S/C57H41N5S.C8H12.C2H6/c1-60-53-25-15-14-24-52(53)58-56(60)42-26-28-43(29-27-42)57-59-54-50(40-30-34-48(35-31-40)61(44-16-6-2-7-17-44)45-18-8-3-9-19-45)38-39-51(55(54)63-57)41-32-36-49(37-33-41)62(46-20-10-4-11-21-46)47-22-12-5-13-23-47;1-3-5-7-8-6-4-2;1-2/h2-39H,1H3;3-7H,1,8H2,2H3;1-2H3/b;6-4-,7-5-;. The third-order valence-electron chi connectivity index (χ3n) is 12.4. The molecule has 6 heteroatoms. The fraction of sp³-hybridized carbons (Fsp3) is 0.0746. The van der Waals surface area contributed by atoms with Crippen LogP contribution in [0.4, 0.5) is 34.1 Å². The largest absolute Gasteiger partial charge is 0.327 e. The van der Waals surface area contributed by atoms with E-state index >= 15 is 0 Å². The summed E-state index contributed by atoms with van der Waals surface area (Å²) in [6.07, 6.45) is 10.9. The minimum Gasteiger partial charge on any atom is -0.327 e. The van der Waals surface area contributed by atoms with Gasteiger partial charge in [0.25, 0.3) is 0 Å². The van der Waals surface area contributed by atoms with Gasteiger partial charge in [0.2, 0.25) is 0 Å². The number of anilines is 6. The van der Waals surface area contributed by atoms with Crippen molar-refractivity contribution in [2.24, 2.45) is 7.05 Å². The molecule has 0 saturated carbocycles. The number of benzene rings is 9. The molecule has 0 aliphatic carbocycles. The van der Waals surface area contributed by atoms with E-state index in [0.29, 0.717) is 0 Å². The average Bonchev–Trinajstić information content (AvgIpc) is 4.06. The normalized spacial score (nSPS) is 11.0. The van der Waals surface area contributed by atoms with E-state index in [1.807, 2.05) is 39.0 Å². The van der Waals surface area contributed by atoms with E-state index in [1.165, 1.54) is 0 Å². The molecule has 0 aliphatic rings. The van der Waals surface area contributed by atoms with Crippen molar-refractivity contribution in [3.8, 4) is 44.2 Å². The topological polar surface area (TPSA) is 37.2 Å². The molecule has 5 nitrogen and oxygen atoms in total. The molecule has 0 spiro atoms. The van der Waals surface area contributed by atoms with Gasteiger partial charge in [0.05, 0.1) is 21.3 Å². The van der Waals surface area contributed by atoms with Crippen molar-refractivity contribution in [1.82, 2.24) is 14.5 Å². The number of rotatable bonds is 13. The number of thiazole rings is 1. The van der Waals surface area contributed by atoms with Crippen molar-refractivity contribution < 1.29 is 0 Å². The molecule has 0 unspecified atom stereocenters. The first-order valence-electron chi connectivity index (χ1n) is 24.9. The second-order valence-electron chi connectivity index (χ2n) is 17.0. The Hall–Kier alpha value is -8.84. The predicted octanol–water partition coefficient (Wildman–Crippen LogP) is 19.5. The smallest absolute Gasteiger partial charge is 0.140 e. The lowest BCUT2D eigenvalue weighted by Gasteiger charge is -2.25. The minimum atomic E-state index is 0.944. The van der Waals surface area contributed by atoms with E-state index in [1.54, 1.807) is 17.4 Å². The maximum Gasteiger partial charge on any atom is 0.140 e. The molecule has 0 radical (unpaired) electrons. The highest BCUT2D eigenvalue weighted by Crippen LogP contribution is 2.44. The predicted molar refractivity (Wildman–Crippen MR) is 315 cm³/mol.